The summed E-state index contributed by atoms with van der Waals surface area (Å²) in [5, 5.41) is 10.0. The average Bonchev–Trinajstić information content (AvgIpc) is 2.39. The Morgan fingerprint density at radius 2 is 2.28 bits per heavy atom. The van der Waals surface area contributed by atoms with E-state index in [-0.39, 0.29) is 6.10 Å². The predicted octanol–water partition coefficient (Wildman–Crippen LogP) is 2.73. The monoisotopic (exact) mass is 250 g/mol. The summed E-state index contributed by atoms with van der Waals surface area (Å²) < 4.78 is 10.9. The second kappa shape index (κ2) is 6.76. The van der Waals surface area contributed by atoms with Crippen LogP contribution in [0.5, 0.6) is 5.75 Å². The third kappa shape index (κ3) is 3.47. The van der Waals surface area contributed by atoms with Gasteiger partial charge in [-0.15, -0.1) is 0 Å². The molecule has 2 atom stereocenters. The molecule has 1 N–H and O–H groups in total. The minimum Gasteiger partial charge on any atom is -0.493 e. The highest BCUT2D eigenvalue weighted by atomic mass is 16.5. The molecular weight excluding hydrogens is 228 g/mol. The number of rotatable bonds is 6. The maximum atomic E-state index is 10.0. The van der Waals surface area contributed by atoms with E-state index < -0.39 is 0 Å². The summed E-state index contributed by atoms with van der Waals surface area (Å²) in [6, 6.07) is 8.14. The Hall–Kier alpha value is -1.06. The maximum Gasteiger partial charge on any atom is 0.122 e. The summed E-state index contributed by atoms with van der Waals surface area (Å²) in [4.78, 5) is 0. The minimum atomic E-state index is -0.285. The van der Waals surface area contributed by atoms with Crippen molar-refractivity contribution in [3.05, 3.63) is 29.8 Å². The van der Waals surface area contributed by atoms with Crippen molar-refractivity contribution in [3.63, 3.8) is 0 Å². The van der Waals surface area contributed by atoms with E-state index in [4.69, 9.17) is 9.47 Å². The quantitative estimate of drug-likeness (QED) is 0.789. The molecule has 1 heterocycles. The van der Waals surface area contributed by atoms with Crippen molar-refractivity contribution >= 4 is 0 Å². The number of benzene rings is 1. The third-order valence-corrected chi connectivity index (χ3v) is 3.44. The van der Waals surface area contributed by atoms with Crippen molar-refractivity contribution in [1.29, 1.82) is 0 Å². The van der Waals surface area contributed by atoms with Gasteiger partial charge in [0.2, 0.25) is 0 Å². The molecule has 0 bridgehead atoms. The molecular formula is C15H22O3. The number of aliphatic hydroxyl groups is 1. The highest BCUT2D eigenvalue weighted by Crippen LogP contribution is 2.36. The third-order valence-electron chi connectivity index (χ3n) is 3.44. The number of hydrogen-bond donors (Lipinski definition) is 1. The van der Waals surface area contributed by atoms with Gasteiger partial charge in [0.05, 0.1) is 12.7 Å². The van der Waals surface area contributed by atoms with Gasteiger partial charge < -0.3 is 14.6 Å². The Morgan fingerprint density at radius 1 is 1.44 bits per heavy atom. The van der Waals surface area contributed by atoms with E-state index >= 15 is 0 Å². The molecule has 18 heavy (non-hydrogen) atoms. The Balaban J connectivity index is 1.90. The lowest BCUT2D eigenvalue weighted by molar-refractivity contribution is 0.0773. The molecule has 100 valence electrons. The first kappa shape index (κ1) is 13.4. The largest absolute Gasteiger partial charge is 0.493 e. The highest BCUT2D eigenvalue weighted by Gasteiger charge is 2.23. The lowest BCUT2D eigenvalue weighted by Crippen LogP contribution is -2.20. The molecule has 0 spiro atoms. The van der Waals surface area contributed by atoms with Crippen LogP contribution in [0.3, 0.4) is 0 Å². The molecule has 0 amide bonds. The number of hydrogen-bond acceptors (Lipinski definition) is 3. The number of aliphatic hydroxyl groups excluding tert-OH is 1. The standard InChI is InChI=1S/C15H22O3/c1-2-17-9-8-13(16)11-12-7-10-18-15-6-4-3-5-14(12)15/h3-6,12-13,16H,2,7-11H2,1H3. The lowest BCUT2D eigenvalue weighted by atomic mass is 9.88. The van der Waals surface area contributed by atoms with Gasteiger partial charge in [0.25, 0.3) is 0 Å². The minimum absolute atomic E-state index is 0.285. The van der Waals surface area contributed by atoms with Gasteiger partial charge in [0, 0.05) is 13.2 Å². The first-order valence-electron chi connectivity index (χ1n) is 6.78. The zero-order valence-corrected chi connectivity index (χ0v) is 11.0. The summed E-state index contributed by atoms with van der Waals surface area (Å²) in [5.41, 5.74) is 1.24. The molecule has 1 aromatic carbocycles. The van der Waals surface area contributed by atoms with E-state index in [1.807, 2.05) is 25.1 Å². The summed E-state index contributed by atoms with van der Waals surface area (Å²) in [5.74, 6) is 1.39. The fourth-order valence-electron chi connectivity index (χ4n) is 2.47. The van der Waals surface area contributed by atoms with Crippen LogP contribution < -0.4 is 4.74 Å². The van der Waals surface area contributed by atoms with Crippen molar-refractivity contribution in [2.45, 2.75) is 38.2 Å². The van der Waals surface area contributed by atoms with E-state index in [1.54, 1.807) is 0 Å². The van der Waals surface area contributed by atoms with Gasteiger partial charge in [0.15, 0.2) is 0 Å². The van der Waals surface area contributed by atoms with Gasteiger partial charge in [-0.2, -0.15) is 0 Å². The number of para-hydroxylation sites is 1. The SMILES string of the molecule is CCOCCC(O)CC1CCOc2ccccc21. The van der Waals surface area contributed by atoms with Gasteiger partial charge >= 0.3 is 0 Å². The van der Waals surface area contributed by atoms with Crippen molar-refractivity contribution in [3.8, 4) is 5.75 Å². The first-order chi connectivity index (χ1) is 8.81. The molecule has 0 radical (unpaired) electrons. The predicted molar refractivity (Wildman–Crippen MR) is 71.0 cm³/mol. The van der Waals surface area contributed by atoms with Crippen molar-refractivity contribution in [2.75, 3.05) is 19.8 Å². The number of ether oxygens (including phenoxy) is 2. The number of fused-ring (bicyclic) bond motifs is 1. The van der Waals surface area contributed by atoms with E-state index in [1.165, 1.54) is 5.56 Å². The van der Waals surface area contributed by atoms with Crippen LogP contribution in [0.1, 0.15) is 37.7 Å². The molecule has 0 fully saturated rings. The van der Waals surface area contributed by atoms with Gasteiger partial charge in [-0.3, -0.25) is 0 Å². The Morgan fingerprint density at radius 3 is 3.11 bits per heavy atom. The Kier molecular flexibility index (Phi) is 5.02. The summed E-state index contributed by atoms with van der Waals surface area (Å²) in [6.07, 6.45) is 2.22. The summed E-state index contributed by atoms with van der Waals surface area (Å²) in [7, 11) is 0. The Labute approximate surface area is 109 Å². The maximum absolute atomic E-state index is 10.0. The van der Waals surface area contributed by atoms with Crippen molar-refractivity contribution in [2.24, 2.45) is 0 Å². The molecule has 1 aliphatic rings. The fourth-order valence-corrected chi connectivity index (χ4v) is 2.47. The van der Waals surface area contributed by atoms with Crippen LogP contribution in [0.25, 0.3) is 0 Å². The topological polar surface area (TPSA) is 38.7 Å². The lowest BCUT2D eigenvalue weighted by Gasteiger charge is -2.27. The van der Waals surface area contributed by atoms with Crippen LogP contribution in [-0.4, -0.2) is 31.0 Å². The Bertz CT molecular complexity index is 365. The second-order valence-corrected chi connectivity index (χ2v) is 4.75. The normalized spacial score (nSPS) is 20.0. The average molecular weight is 250 g/mol. The molecule has 2 rings (SSSR count). The van der Waals surface area contributed by atoms with Gasteiger partial charge in [-0.05, 0) is 43.7 Å². The molecule has 3 nitrogen and oxygen atoms in total. The first-order valence-corrected chi connectivity index (χ1v) is 6.78. The van der Waals surface area contributed by atoms with Crippen molar-refractivity contribution in [1.82, 2.24) is 0 Å². The van der Waals surface area contributed by atoms with Crippen LogP contribution >= 0.6 is 0 Å². The van der Waals surface area contributed by atoms with Crippen molar-refractivity contribution < 1.29 is 14.6 Å². The molecule has 1 aromatic rings. The van der Waals surface area contributed by atoms with Gasteiger partial charge in [0.1, 0.15) is 5.75 Å². The molecule has 0 saturated heterocycles. The molecule has 3 heteroatoms. The van der Waals surface area contributed by atoms with E-state index in [9.17, 15) is 5.11 Å². The van der Waals surface area contributed by atoms with Crippen LogP contribution in [0.2, 0.25) is 0 Å². The highest BCUT2D eigenvalue weighted by molar-refractivity contribution is 5.37. The molecule has 2 unspecified atom stereocenters. The van der Waals surface area contributed by atoms with Gasteiger partial charge in [-0.1, -0.05) is 18.2 Å². The van der Waals surface area contributed by atoms with E-state index in [0.29, 0.717) is 25.6 Å². The molecule has 1 aliphatic heterocycles. The zero-order valence-electron chi connectivity index (χ0n) is 11.0. The second-order valence-electron chi connectivity index (χ2n) is 4.75. The van der Waals surface area contributed by atoms with Gasteiger partial charge in [-0.25, -0.2) is 0 Å². The van der Waals surface area contributed by atoms with E-state index in [0.717, 1.165) is 25.2 Å². The van der Waals surface area contributed by atoms with Crippen LogP contribution in [-0.2, 0) is 4.74 Å². The molecule has 0 saturated carbocycles. The zero-order chi connectivity index (χ0) is 12.8. The van der Waals surface area contributed by atoms with E-state index in [2.05, 4.69) is 6.07 Å². The van der Waals surface area contributed by atoms with Crippen LogP contribution in [0.4, 0.5) is 0 Å². The molecule has 0 aromatic heterocycles. The summed E-state index contributed by atoms with van der Waals surface area (Å²) >= 11 is 0. The van der Waals surface area contributed by atoms with Crippen LogP contribution in [0, 0.1) is 0 Å². The molecule has 0 aliphatic carbocycles. The fraction of sp³-hybridized carbons (Fsp3) is 0.600. The van der Waals surface area contributed by atoms with Crippen LogP contribution in [0.15, 0.2) is 24.3 Å². The summed E-state index contributed by atoms with van der Waals surface area (Å²) in [6.45, 7) is 4.08. The smallest absolute Gasteiger partial charge is 0.122 e.